The van der Waals surface area contributed by atoms with Crippen LogP contribution in [0.1, 0.15) is 77.0 Å². The predicted octanol–water partition coefficient (Wildman–Crippen LogP) is 2.52. The Hall–Kier alpha value is -1.87. The van der Waals surface area contributed by atoms with Crippen LogP contribution in [0.15, 0.2) is 5.10 Å². The number of ether oxygens (including phenoxy) is 2. The molecule has 2 saturated carbocycles. The minimum absolute atomic E-state index is 0. The summed E-state index contributed by atoms with van der Waals surface area (Å²) in [6.07, 6.45) is 11.8. The zero-order valence-corrected chi connectivity index (χ0v) is 21.0. The molecule has 2 N–H and O–H groups in total. The van der Waals surface area contributed by atoms with Crippen LogP contribution < -0.4 is 10.7 Å². The number of halogens is 1. The molecule has 0 aromatic rings. The minimum Gasteiger partial charge on any atom is -0.461 e. The van der Waals surface area contributed by atoms with Gasteiger partial charge in [0.2, 0.25) is 11.7 Å². The van der Waals surface area contributed by atoms with Crippen LogP contribution in [0, 0.1) is 11.8 Å². The number of amides is 2. The molecule has 1 atom stereocenters. The average molecular weight is 499 g/mol. The van der Waals surface area contributed by atoms with Crippen molar-refractivity contribution in [1.29, 1.82) is 0 Å². The number of ketones is 1. The van der Waals surface area contributed by atoms with Crippen LogP contribution in [0.3, 0.4) is 0 Å². The molecule has 0 radical (unpaired) electrons. The predicted molar refractivity (Wildman–Crippen MR) is 129 cm³/mol. The quantitative estimate of drug-likeness (QED) is 0.430. The van der Waals surface area contributed by atoms with E-state index in [1.54, 1.807) is 0 Å². The first-order chi connectivity index (χ1) is 16.0. The molecule has 2 aliphatic heterocycles. The van der Waals surface area contributed by atoms with E-state index in [0.29, 0.717) is 38.7 Å². The zero-order valence-electron chi connectivity index (χ0n) is 20.2. The highest BCUT2D eigenvalue weighted by atomic mass is 35.5. The lowest BCUT2D eigenvalue weighted by atomic mass is 9.82. The number of carbonyl (C=O) groups is 3. The molecule has 0 bridgehead atoms. The van der Waals surface area contributed by atoms with Gasteiger partial charge in [-0.2, -0.15) is 0 Å². The third-order valence-corrected chi connectivity index (χ3v) is 8.02. The van der Waals surface area contributed by atoms with Crippen molar-refractivity contribution in [1.82, 2.24) is 15.6 Å². The highest BCUT2D eigenvalue weighted by Crippen LogP contribution is 2.37. The number of carbonyl (C=O) groups excluding carboxylic acids is 3. The van der Waals surface area contributed by atoms with Gasteiger partial charge in [0, 0.05) is 26.2 Å². The molecule has 0 aromatic heterocycles. The van der Waals surface area contributed by atoms with Gasteiger partial charge in [-0.15, -0.1) is 17.5 Å². The van der Waals surface area contributed by atoms with Gasteiger partial charge >= 0.3 is 11.9 Å². The fourth-order valence-electron chi connectivity index (χ4n) is 5.77. The molecule has 9 nitrogen and oxygen atoms in total. The van der Waals surface area contributed by atoms with Crippen LogP contribution in [0.2, 0.25) is 0 Å². The van der Waals surface area contributed by atoms with Crippen molar-refractivity contribution in [3.05, 3.63) is 0 Å². The Balaban J connectivity index is 0.00000324. The highest BCUT2D eigenvalue weighted by Gasteiger charge is 2.45. The smallest absolute Gasteiger partial charge is 0.309 e. The maximum atomic E-state index is 13.2. The molecule has 1 spiro atoms. The topological polar surface area (TPSA) is 109 Å². The van der Waals surface area contributed by atoms with Gasteiger partial charge in [0.25, 0.3) is 0 Å². The Labute approximate surface area is 208 Å². The van der Waals surface area contributed by atoms with E-state index in [2.05, 4.69) is 15.8 Å². The summed E-state index contributed by atoms with van der Waals surface area (Å²) in [5.41, 5.74) is 2.33. The lowest BCUT2D eigenvalue weighted by molar-refractivity contribution is -0.142. The summed E-state index contributed by atoms with van der Waals surface area (Å²) in [5, 5.41) is 7.06. The number of amidine groups is 1. The van der Waals surface area contributed by atoms with E-state index >= 15 is 0 Å². The Kier molecular flexibility index (Phi) is 9.59. The molecule has 2 heterocycles. The molecule has 34 heavy (non-hydrogen) atoms. The highest BCUT2D eigenvalue weighted by molar-refractivity contribution is 6.38. The third kappa shape index (κ3) is 6.03. The second kappa shape index (κ2) is 12.2. The first kappa shape index (κ1) is 26.7. The molecule has 2 saturated heterocycles. The van der Waals surface area contributed by atoms with Crippen molar-refractivity contribution >= 4 is 36.0 Å². The van der Waals surface area contributed by atoms with Gasteiger partial charge in [-0.3, -0.25) is 14.4 Å². The number of hydrazone groups is 1. The second-order valence-electron chi connectivity index (χ2n) is 10.1. The van der Waals surface area contributed by atoms with Crippen molar-refractivity contribution in [2.45, 2.75) is 88.6 Å². The van der Waals surface area contributed by atoms with Crippen molar-refractivity contribution in [2.75, 3.05) is 26.9 Å². The molecule has 192 valence electrons. The van der Waals surface area contributed by atoms with Crippen LogP contribution in [0.25, 0.3) is 0 Å². The van der Waals surface area contributed by atoms with Crippen LogP contribution >= 0.6 is 12.4 Å². The molecule has 2 amide bonds. The molecular formula is C24H39ClN4O5. The fraction of sp³-hybridized carbons (Fsp3) is 0.833. The summed E-state index contributed by atoms with van der Waals surface area (Å²) in [6.45, 7) is 1.60. The van der Waals surface area contributed by atoms with Crippen LogP contribution in [0.5, 0.6) is 0 Å². The zero-order chi connectivity index (χ0) is 23.3. The van der Waals surface area contributed by atoms with Crippen LogP contribution in [-0.2, 0) is 23.9 Å². The van der Waals surface area contributed by atoms with Crippen LogP contribution in [0.4, 0.5) is 0 Å². The van der Waals surface area contributed by atoms with E-state index in [4.69, 9.17) is 9.47 Å². The summed E-state index contributed by atoms with van der Waals surface area (Å²) < 4.78 is 11.2. The number of hydrogen-bond donors (Lipinski definition) is 2. The van der Waals surface area contributed by atoms with E-state index in [1.165, 1.54) is 6.42 Å². The van der Waals surface area contributed by atoms with E-state index in [1.807, 2.05) is 11.9 Å². The largest absolute Gasteiger partial charge is 0.461 e. The molecular weight excluding hydrogens is 460 g/mol. The molecule has 10 heteroatoms. The summed E-state index contributed by atoms with van der Waals surface area (Å²) in [7, 11) is 1.93. The average Bonchev–Trinajstić information content (AvgIpc) is 3.16. The molecule has 1 unspecified atom stereocenters. The molecule has 4 aliphatic rings. The first-order valence-electron chi connectivity index (χ1n) is 12.7. The molecule has 4 fully saturated rings. The van der Waals surface area contributed by atoms with Crippen molar-refractivity contribution < 1.29 is 23.9 Å². The monoisotopic (exact) mass is 498 g/mol. The van der Waals surface area contributed by atoms with Gasteiger partial charge < -0.3 is 19.7 Å². The Morgan fingerprint density at radius 2 is 1.65 bits per heavy atom. The normalized spacial score (nSPS) is 25.3. The minimum atomic E-state index is -0.851. The van der Waals surface area contributed by atoms with Crippen molar-refractivity contribution in [2.24, 2.45) is 16.9 Å². The maximum absolute atomic E-state index is 13.2. The fourth-order valence-corrected chi connectivity index (χ4v) is 5.77. The number of nitrogens with one attached hydrogen (secondary N) is 2. The van der Waals surface area contributed by atoms with Gasteiger partial charge in [0.1, 0.15) is 12.6 Å². The second-order valence-corrected chi connectivity index (χ2v) is 10.1. The van der Waals surface area contributed by atoms with Crippen molar-refractivity contribution in [3.8, 4) is 0 Å². The van der Waals surface area contributed by atoms with E-state index in [-0.39, 0.29) is 35.7 Å². The lowest BCUT2D eigenvalue weighted by Gasteiger charge is -2.37. The maximum Gasteiger partial charge on any atom is 0.309 e. The summed E-state index contributed by atoms with van der Waals surface area (Å²) in [5.74, 6) is -1.78. The SMILES string of the molecule is CN1C(=NNC(=O)C(=O)C(NC(=O)C2CCCCC2)C2CCOCC2)OCC12CCCCC2.Cl. The third-order valence-electron chi connectivity index (χ3n) is 8.02. The van der Waals surface area contributed by atoms with Gasteiger partial charge in [0.15, 0.2) is 0 Å². The van der Waals surface area contributed by atoms with Gasteiger partial charge in [0.05, 0.1) is 5.54 Å². The summed E-state index contributed by atoms with van der Waals surface area (Å²) in [4.78, 5) is 40.8. The summed E-state index contributed by atoms with van der Waals surface area (Å²) >= 11 is 0. The number of nitrogens with zero attached hydrogens (tertiary/aromatic N) is 2. The van der Waals surface area contributed by atoms with Gasteiger partial charge in [-0.1, -0.05) is 38.5 Å². The van der Waals surface area contributed by atoms with Gasteiger partial charge in [-0.05, 0) is 44.4 Å². The first-order valence-corrected chi connectivity index (χ1v) is 12.7. The Bertz CT molecular complexity index is 758. The molecule has 4 rings (SSSR count). The molecule has 2 aliphatic carbocycles. The standard InChI is InChI=1S/C24H38N4O5.ClH/c1-28-23(33-16-24(28)12-6-3-7-13-24)27-26-22(31)20(29)19(17-10-14-32-15-11-17)25-21(30)18-8-4-2-5-9-18;/h17-19H,2-16H2,1H3,(H,25,30)(H,26,31);1H. The summed E-state index contributed by atoms with van der Waals surface area (Å²) in [6, 6.07) is -0.512. The van der Waals surface area contributed by atoms with E-state index < -0.39 is 17.7 Å². The lowest BCUT2D eigenvalue weighted by Crippen LogP contribution is -2.53. The number of Topliss-reactive ketones (excluding diaryl/α,β-unsaturated/α-hetero) is 1. The number of likely N-dealkylation sites (N-methyl/N-ethyl adjacent to an activating group) is 1. The van der Waals surface area contributed by atoms with Gasteiger partial charge in [-0.25, -0.2) is 5.43 Å². The molecule has 0 aromatic carbocycles. The number of hydrogen-bond acceptors (Lipinski definition) is 6. The van der Waals surface area contributed by atoms with Crippen molar-refractivity contribution in [3.63, 3.8) is 0 Å². The Morgan fingerprint density at radius 1 is 1.00 bits per heavy atom. The number of rotatable bonds is 6. The Morgan fingerprint density at radius 3 is 2.32 bits per heavy atom. The van der Waals surface area contributed by atoms with E-state index in [0.717, 1.165) is 57.8 Å². The van der Waals surface area contributed by atoms with Crippen LogP contribution in [-0.4, -0.2) is 67.0 Å². The van der Waals surface area contributed by atoms with E-state index in [9.17, 15) is 14.4 Å².